The fourth-order valence-corrected chi connectivity index (χ4v) is 3.28. The highest BCUT2D eigenvalue weighted by molar-refractivity contribution is 5.78. The maximum atomic E-state index is 12.3. The predicted molar refractivity (Wildman–Crippen MR) is 93.9 cm³/mol. The molecule has 24 heavy (non-hydrogen) atoms. The lowest BCUT2D eigenvalue weighted by atomic mass is 10.1. The van der Waals surface area contributed by atoms with Crippen molar-refractivity contribution in [3.05, 3.63) is 0 Å². The molecule has 2 aliphatic heterocycles. The number of carbonyl (C=O) groups is 2. The summed E-state index contributed by atoms with van der Waals surface area (Å²) in [6, 6.07) is 0. The maximum absolute atomic E-state index is 12.3. The molecule has 0 saturated carbocycles. The van der Waals surface area contributed by atoms with E-state index in [1.807, 2.05) is 25.7 Å². The van der Waals surface area contributed by atoms with Gasteiger partial charge in [0.05, 0.1) is 0 Å². The molecule has 0 aromatic carbocycles. The van der Waals surface area contributed by atoms with Crippen LogP contribution >= 0.6 is 0 Å². The van der Waals surface area contributed by atoms with Crippen LogP contribution in [0.2, 0.25) is 0 Å². The van der Waals surface area contributed by atoms with Gasteiger partial charge in [0, 0.05) is 32.6 Å². The summed E-state index contributed by atoms with van der Waals surface area (Å²) in [5, 5.41) is 0. The van der Waals surface area contributed by atoms with E-state index in [0.29, 0.717) is 26.1 Å². The van der Waals surface area contributed by atoms with Gasteiger partial charge in [-0.15, -0.1) is 0 Å². The average molecular weight is 339 g/mol. The molecule has 2 amide bonds. The molecule has 0 aromatic heterocycles. The minimum atomic E-state index is -0.498. The molecule has 2 aliphatic rings. The molecule has 0 N–H and O–H groups in total. The summed E-state index contributed by atoms with van der Waals surface area (Å²) in [6.07, 6.45) is 5.04. The van der Waals surface area contributed by atoms with E-state index in [0.717, 1.165) is 19.5 Å². The van der Waals surface area contributed by atoms with Crippen LogP contribution in [0.1, 0.15) is 52.9 Å². The van der Waals surface area contributed by atoms with E-state index in [2.05, 4.69) is 4.90 Å². The molecule has 138 valence electrons. The molecule has 0 aliphatic carbocycles. The van der Waals surface area contributed by atoms with Gasteiger partial charge in [0.1, 0.15) is 5.60 Å². The molecule has 2 rings (SSSR count). The van der Waals surface area contributed by atoms with E-state index in [1.165, 1.54) is 32.4 Å². The van der Waals surface area contributed by atoms with Crippen LogP contribution in [0.15, 0.2) is 0 Å². The van der Waals surface area contributed by atoms with Gasteiger partial charge in [0.2, 0.25) is 5.91 Å². The fourth-order valence-electron chi connectivity index (χ4n) is 3.28. The van der Waals surface area contributed by atoms with E-state index in [-0.39, 0.29) is 12.0 Å². The Balaban J connectivity index is 1.74. The first-order valence-electron chi connectivity index (χ1n) is 9.33. The number of amides is 2. The molecule has 0 radical (unpaired) electrons. The molecule has 6 heteroatoms. The zero-order valence-corrected chi connectivity index (χ0v) is 15.6. The van der Waals surface area contributed by atoms with E-state index in [1.54, 1.807) is 4.90 Å². The maximum Gasteiger partial charge on any atom is 0.410 e. The Kier molecular flexibility index (Phi) is 6.90. The normalized spacial score (nSPS) is 20.9. The number of hydrogen-bond acceptors (Lipinski definition) is 4. The van der Waals surface area contributed by atoms with E-state index >= 15 is 0 Å². The van der Waals surface area contributed by atoms with Crippen LogP contribution in [0.5, 0.6) is 0 Å². The van der Waals surface area contributed by atoms with Gasteiger partial charge >= 0.3 is 6.09 Å². The van der Waals surface area contributed by atoms with Gasteiger partial charge in [0.25, 0.3) is 0 Å². The number of nitrogens with zero attached hydrogens (tertiary/aromatic N) is 3. The minimum absolute atomic E-state index is 0.153. The molecule has 0 unspecified atom stereocenters. The summed E-state index contributed by atoms with van der Waals surface area (Å²) in [6.45, 7) is 11.5. The Morgan fingerprint density at radius 2 is 1.71 bits per heavy atom. The smallest absolute Gasteiger partial charge is 0.410 e. The molecule has 0 bridgehead atoms. The largest absolute Gasteiger partial charge is 0.444 e. The lowest BCUT2D eigenvalue weighted by molar-refractivity contribution is -0.130. The summed E-state index contributed by atoms with van der Waals surface area (Å²) >= 11 is 0. The van der Waals surface area contributed by atoms with Crippen LogP contribution in [0.3, 0.4) is 0 Å². The molecular formula is C18H33N3O3. The zero-order chi connectivity index (χ0) is 17.6. The summed E-state index contributed by atoms with van der Waals surface area (Å²) in [5.74, 6) is 0.153. The summed E-state index contributed by atoms with van der Waals surface area (Å²) < 4.78 is 5.41. The Morgan fingerprint density at radius 1 is 1.00 bits per heavy atom. The first-order chi connectivity index (χ1) is 11.3. The SMILES string of the molecule is CC(C)(C)OC(=O)N1CCC(=O)N(CCCN2CCCCC2)CC1. The Hall–Kier alpha value is -1.30. The third-order valence-electron chi connectivity index (χ3n) is 4.59. The summed E-state index contributed by atoms with van der Waals surface area (Å²) in [7, 11) is 0. The van der Waals surface area contributed by atoms with Crippen LogP contribution in [0.4, 0.5) is 4.79 Å². The Morgan fingerprint density at radius 3 is 2.38 bits per heavy atom. The lowest BCUT2D eigenvalue weighted by Crippen LogP contribution is -2.40. The van der Waals surface area contributed by atoms with E-state index in [4.69, 9.17) is 4.74 Å². The fraction of sp³-hybridized carbons (Fsp3) is 0.889. The molecular weight excluding hydrogens is 306 g/mol. The molecule has 6 nitrogen and oxygen atoms in total. The van der Waals surface area contributed by atoms with Crippen molar-refractivity contribution < 1.29 is 14.3 Å². The number of ether oxygens (including phenoxy) is 1. The third kappa shape index (κ3) is 6.30. The Bertz CT molecular complexity index is 428. The standard InChI is InChI=1S/C18H33N3O3/c1-18(2,3)24-17(23)21-13-8-16(22)20(14-15-21)12-7-11-19-9-5-4-6-10-19/h4-15H2,1-3H3. The van der Waals surface area contributed by atoms with Gasteiger partial charge < -0.3 is 19.4 Å². The second kappa shape index (κ2) is 8.70. The van der Waals surface area contributed by atoms with Gasteiger partial charge in [-0.05, 0) is 59.7 Å². The predicted octanol–water partition coefficient (Wildman–Crippen LogP) is 2.33. The van der Waals surface area contributed by atoms with Crippen molar-refractivity contribution in [2.45, 2.75) is 58.5 Å². The van der Waals surface area contributed by atoms with Crippen molar-refractivity contribution in [1.82, 2.24) is 14.7 Å². The van der Waals surface area contributed by atoms with Gasteiger partial charge in [-0.25, -0.2) is 4.79 Å². The Labute approximate surface area is 146 Å². The van der Waals surface area contributed by atoms with Crippen molar-refractivity contribution in [1.29, 1.82) is 0 Å². The second-order valence-electron chi connectivity index (χ2n) is 7.85. The molecule has 2 fully saturated rings. The lowest BCUT2D eigenvalue weighted by Gasteiger charge is -2.28. The van der Waals surface area contributed by atoms with Crippen molar-refractivity contribution in [2.24, 2.45) is 0 Å². The van der Waals surface area contributed by atoms with E-state index < -0.39 is 5.60 Å². The number of hydrogen-bond donors (Lipinski definition) is 0. The van der Waals surface area contributed by atoms with Crippen LogP contribution in [-0.4, -0.2) is 78.1 Å². The zero-order valence-electron chi connectivity index (χ0n) is 15.6. The average Bonchev–Trinajstić information content (AvgIpc) is 2.69. The van der Waals surface area contributed by atoms with Crippen molar-refractivity contribution in [3.63, 3.8) is 0 Å². The molecule has 0 atom stereocenters. The number of rotatable bonds is 4. The van der Waals surface area contributed by atoms with Gasteiger partial charge in [-0.3, -0.25) is 4.79 Å². The molecule has 0 aromatic rings. The highest BCUT2D eigenvalue weighted by Crippen LogP contribution is 2.13. The van der Waals surface area contributed by atoms with Gasteiger partial charge in [0.15, 0.2) is 0 Å². The molecule has 2 saturated heterocycles. The minimum Gasteiger partial charge on any atom is -0.444 e. The summed E-state index contributed by atoms with van der Waals surface area (Å²) in [5.41, 5.74) is -0.498. The summed E-state index contributed by atoms with van der Waals surface area (Å²) in [4.78, 5) is 30.5. The number of likely N-dealkylation sites (tertiary alicyclic amines) is 1. The second-order valence-corrected chi connectivity index (χ2v) is 7.85. The number of piperidine rings is 1. The van der Waals surface area contributed by atoms with Gasteiger partial charge in [-0.1, -0.05) is 6.42 Å². The van der Waals surface area contributed by atoms with Crippen molar-refractivity contribution in [2.75, 3.05) is 45.8 Å². The molecule has 0 spiro atoms. The quantitative estimate of drug-likeness (QED) is 0.789. The monoisotopic (exact) mass is 339 g/mol. The molecule has 2 heterocycles. The van der Waals surface area contributed by atoms with Crippen LogP contribution in [0, 0.1) is 0 Å². The highest BCUT2D eigenvalue weighted by atomic mass is 16.6. The van der Waals surface area contributed by atoms with Crippen LogP contribution in [0.25, 0.3) is 0 Å². The first kappa shape index (κ1) is 19.0. The van der Waals surface area contributed by atoms with Crippen LogP contribution < -0.4 is 0 Å². The van der Waals surface area contributed by atoms with Crippen molar-refractivity contribution >= 4 is 12.0 Å². The van der Waals surface area contributed by atoms with E-state index in [9.17, 15) is 9.59 Å². The number of carbonyl (C=O) groups excluding carboxylic acids is 2. The topological polar surface area (TPSA) is 53.1 Å². The third-order valence-corrected chi connectivity index (χ3v) is 4.59. The highest BCUT2D eigenvalue weighted by Gasteiger charge is 2.27. The van der Waals surface area contributed by atoms with Crippen molar-refractivity contribution in [3.8, 4) is 0 Å². The van der Waals surface area contributed by atoms with Crippen LogP contribution in [-0.2, 0) is 9.53 Å². The first-order valence-corrected chi connectivity index (χ1v) is 9.33. The van der Waals surface area contributed by atoms with Gasteiger partial charge in [-0.2, -0.15) is 0 Å².